The number of rotatable bonds is 2. The lowest BCUT2D eigenvalue weighted by atomic mass is 10.4. The first kappa shape index (κ1) is 8.04. The van der Waals surface area contributed by atoms with Gasteiger partial charge in [0.2, 0.25) is 0 Å². The second-order valence-electron chi connectivity index (χ2n) is 2.35. The summed E-state index contributed by atoms with van der Waals surface area (Å²) in [7, 11) is 0. The van der Waals surface area contributed by atoms with Crippen LogP contribution in [0.3, 0.4) is 0 Å². The first-order valence-electron chi connectivity index (χ1n) is 3.67. The summed E-state index contributed by atoms with van der Waals surface area (Å²) in [6.45, 7) is 4.48. The van der Waals surface area contributed by atoms with Crippen molar-refractivity contribution in [1.82, 2.24) is 10.6 Å². The van der Waals surface area contributed by atoms with Gasteiger partial charge in [0.05, 0.1) is 6.21 Å². The molecule has 0 aromatic carbocycles. The van der Waals surface area contributed by atoms with Crippen molar-refractivity contribution in [3.05, 3.63) is 11.6 Å². The van der Waals surface area contributed by atoms with E-state index in [0.29, 0.717) is 12.4 Å². The molecule has 0 spiro atoms. The van der Waals surface area contributed by atoms with Gasteiger partial charge in [-0.3, -0.25) is 4.99 Å². The van der Waals surface area contributed by atoms with E-state index in [1.54, 1.807) is 0 Å². The number of nitrogens with one attached hydrogen (secondary N) is 2. The fourth-order valence-corrected chi connectivity index (χ4v) is 0.869. The number of hydrogen-bond acceptors (Lipinski definition) is 3. The molecular weight excluding hydrogens is 145 g/mol. The third-order valence-corrected chi connectivity index (χ3v) is 1.36. The summed E-state index contributed by atoms with van der Waals surface area (Å²) in [5.41, 5.74) is 0. The minimum atomic E-state index is -0.329. The fourth-order valence-electron chi connectivity index (χ4n) is 0.869. The van der Waals surface area contributed by atoms with Crippen molar-refractivity contribution in [2.24, 2.45) is 4.99 Å². The van der Waals surface area contributed by atoms with Gasteiger partial charge in [0.25, 0.3) is 0 Å². The quantitative estimate of drug-likeness (QED) is 0.620. The molecule has 1 rings (SSSR count). The van der Waals surface area contributed by atoms with Gasteiger partial charge in [0, 0.05) is 6.54 Å². The fraction of sp³-hybridized carbons (Fsp3) is 0.571. The van der Waals surface area contributed by atoms with E-state index in [0.717, 1.165) is 0 Å². The minimum absolute atomic E-state index is 0.0384. The molecule has 2 N–H and O–H groups in total. The summed E-state index contributed by atoms with van der Waals surface area (Å²) in [6.07, 6.45) is 1.20. The molecule has 1 heterocycles. The highest BCUT2D eigenvalue weighted by Crippen LogP contribution is 2.04. The Morgan fingerprint density at radius 1 is 1.82 bits per heavy atom. The normalized spacial score (nSPS) is 23.4. The first-order valence-corrected chi connectivity index (χ1v) is 3.67. The molecule has 0 amide bonds. The van der Waals surface area contributed by atoms with E-state index >= 15 is 0 Å². The largest absolute Gasteiger partial charge is 0.370 e. The number of hydrogen-bond donors (Lipinski definition) is 2. The van der Waals surface area contributed by atoms with Crippen molar-refractivity contribution < 1.29 is 4.39 Å². The van der Waals surface area contributed by atoms with Gasteiger partial charge in [0.1, 0.15) is 12.0 Å². The van der Waals surface area contributed by atoms with Gasteiger partial charge in [-0.05, 0) is 13.8 Å². The molecule has 11 heavy (non-hydrogen) atoms. The molecule has 0 aromatic rings. The number of nitrogens with zero attached hydrogens (tertiary/aromatic N) is 1. The molecular formula is C7H12FN3. The van der Waals surface area contributed by atoms with Crippen molar-refractivity contribution in [2.45, 2.75) is 20.0 Å². The van der Waals surface area contributed by atoms with Crippen LogP contribution in [0.1, 0.15) is 13.8 Å². The molecule has 0 radical (unpaired) electrons. The Labute approximate surface area is 65.4 Å². The summed E-state index contributed by atoms with van der Waals surface area (Å²) in [6, 6.07) is 0. The Balaban J connectivity index is 2.65. The predicted molar refractivity (Wildman–Crippen MR) is 42.9 cm³/mol. The Morgan fingerprint density at radius 3 is 3.18 bits per heavy atom. The highest BCUT2D eigenvalue weighted by atomic mass is 19.1. The van der Waals surface area contributed by atoms with E-state index in [2.05, 4.69) is 15.6 Å². The zero-order chi connectivity index (χ0) is 8.27. The lowest BCUT2D eigenvalue weighted by Crippen LogP contribution is -2.35. The zero-order valence-corrected chi connectivity index (χ0v) is 6.69. The maximum absolute atomic E-state index is 12.8. The minimum Gasteiger partial charge on any atom is -0.370 e. The standard InChI is InChI=1S/C7H12FN3/c1-3-9-7-6(8)4-10-5(2)11-7/h4-5,9,11H,3H2,1-2H3. The average Bonchev–Trinajstić information content (AvgIpc) is 1.98. The molecule has 0 saturated heterocycles. The molecule has 0 aliphatic carbocycles. The van der Waals surface area contributed by atoms with Crippen molar-refractivity contribution in [2.75, 3.05) is 6.54 Å². The van der Waals surface area contributed by atoms with Gasteiger partial charge in [-0.25, -0.2) is 4.39 Å². The molecule has 3 nitrogen and oxygen atoms in total. The summed E-state index contributed by atoms with van der Waals surface area (Å²) >= 11 is 0. The van der Waals surface area contributed by atoms with Crippen LogP contribution < -0.4 is 10.6 Å². The molecule has 62 valence electrons. The Hall–Kier alpha value is -1.06. The van der Waals surface area contributed by atoms with Gasteiger partial charge in [0.15, 0.2) is 5.83 Å². The lowest BCUT2D eigenvalue weighted by molar-refractivity contribution is 0.538. The summed E-state index contributed by atoms with van der Waals surface area (Å²) in [5.74, 6) is 0.111. The van der Waals surface area contributed by atoms with Crippen molar-refractivity contribution in [3.8, 4) is 0 Å². The van der Waals surface area contributed by atoms with Crippen LogP contribution in [0.25, 0.3) is 0 Å². The first-order chi connectivity index (χ1) is 5.24. The number of aliphatic imine (C=N–C) groups is 1. The molecule has 1 atom stereocenters. The third-order valence-electron chi connectivity index (χ3n) is 1.36. The van der Waals surface area contributed by atoms with E-state index in [9.17, 15) is 4.39 Å². The van der Waals surface area contributed by atoms with Crippen LogP contribution >= 0.6 is 0 Å². The summed E-state index contributed by atoms with van der Waals surface area (Å²) < 4.78 is 12.8. The number of halogens is 1. The van der Waals surface area contributed by atoms with E-state index in [1.165, 1.54) is 6.21 Å². The maximum Gasteiger partial charge on any atom is 0.180 e. The molecule has 0 saturated carbocycles. The van der Waals surface area contributed by atoms with Crippen LogP contribution in [-0.2, 0) is 0 Å². The van der Waals surface area contributed by atoms with Crippen LogP contribution in [0.4, 0.5) is 4.39 Å². The van der Waals surface area contributed by atoms with E-state index in [1.807, 2.05) is 13.8 Å². The molecule has 0 bridgehead atoms. The van der Waals surface area contributed by atoms with Crippen LogP contribution in [0.5, 0.6) is 0 Å². The third kappa shape index (κ3) is 1.93. The SMILES string of the molecule is CCNC1=C(F)C=NC(C)N1. The van der Waals surface area contributed by atoms with Gasteiger partial charge in [-0.2, -0.15) is 0 Å². The van der Waals surface area contributed by atoms with Crippen LogP contribution in [0.2, 0.25) is 0 Å². The van der Waals surface area contributed by atoms with Gasteiger partial charge >= 0.3 is 0 Å². The van der Waals surface area contributed by atoms with Crippen molar-refractivity contribution >= 4 is 6.21 Å². The van der Waals surface area contributed by atoms with Gasteiger partial charge in [-0.1, -0.05) is 0 Å². The number of allylic oxidation sites excluding steroid dienone is 1. The molecule has 1 aliphatic rings. The highest BCUT2D eigenvalue weighted by Gasteiger charge is 2.10. The molecule has 0 fully saturated rings. The molecule has 1 aliphatic heterocycles. The monoisotopic (exact) mass is 157 g/mol. The topological polar surface area (TPSA) is 36.4 Å². The maximum atomic E-state index is 12.8. The van der Waals surface area contributed by atoms with Crippen LogP contribution in [0.15, 0.2) is 16.6 Å². The Morgan fingerprint density at radius 2 is 2.55 bits per heavy atom. The van der Waals surface area contributed by atoms with Crippen molar-refractivity contribution in [3.63, 3.8) is 0 Å². The summed E-state index contributed by atoms with van der Waals surface area (Å²) in [4.78, 5) is 3.83. The van der Waals surface area contributed by atoms with Gasteiger partial charge < -0.3 is 10.6 Å². The second-order valence-corrected chi connectivity index (χ2v) is 2.35. The van der Waals surface area contributed by atoms with Crippen LogP contribution in [0, 0.1) is 0 Å². The van der Waals surface area contributed by atoms with E-state index in [-0.39, 0.29) is 12.0 Å². The lowest BCUT2D eigenvalue weighted by Gasteiger charge is -2.18. The zero-order valence-electron chi connectivity index (χ0n) is 6.69. The van der Waals surface area contributed by atoms with E-state index in [4.69, 9.17) is 0 Å². The smallest absolute Gasteiger partial charge is 0.180 e. The highest BCUT2D eigenvalue weighted by molar-refractivity contribution is 5.77. The average molecular weight is 157 g/mol. The Kier molecular flexibility index (Phi) is 2.46. The molecule has 1 unspecified atom stereocenters. The van der Waals surface area contributed by atoms with E-state index < -0.39 is 0 Å². The molecule has 4 heteroatoms. The van der Waals surface area contributed by atoms with Crippen molar-refractivity contribution in [1.29, 1.82) is 0 Å². The summed E-state index contributed by atoms with van der Waals surface area (Å²) in [5, 5.41) is 5.73. The molecule has 0 aromatic heterocycles. The van der Waals surface area contributed by atoms with Gasteiger partial charge in [-0.15, -0.1) is 0 Å². The van der Waals surface area contributed by atoms with Crippen LogP contribution in [-0.4, -0.2) is 18.9 Å². The second kappa shape index (κ2) is 3.37. The predicted octanol–water partition coefficient (Wildman–Crippen LogP) is 0.754. The Bertz CT molecular complexity index is 198.